The third-order valence-electron chi connectivity index (χ3n) is 2.09. The van der Waals surface area contributed by atoms with E-state index >= 15 is 0 Å². The number of methoxy groups -OCH3 is 1. The standard InChI is InChI=1S/C11H11BrN2O3/c1-8-9(5-3-4-6-12)7-13-11(17-2)10(8)14(15)16/h7H,4,6H2,1-2H3. The van der Waals surface area contributed by atoms with Gasteiger partial charge >= 0.3 is 5.69 Å². The van der Waals surface area contributed by atoms with Gasteiger partial charge in [-0.2, -0.15) is 0 Å². The fraction of sp³-hybridized carbons (Fsp3) is 0.364. The summed E-state index contributed by atoms with van der Waals surface area (Å²) in [6.07, 6.45) is 2.17. The lowest BCUT2D eigenvalue weighted by atomic mass is 10.1. The lowest BCUT2D eigenvalue weighted by molar-refractivity contribution is -0.386. The Kier molecular flexibility index (Phi) is 4.91. The van der Waals surface area contributed by atoms with Crippen molar-refractivity contribution in [3.05, 3.63) is 27.4 Å². The number of nitrogens with zero attached hydrogens (tertiary/aromatic N) is 2. The molecule has 0 atom stereocenters. The van der Waals surface area contributed by atoms with Crippen molar-refractivity contribution >= 4 is 21.6 Å². The van der Waals surface area contributed by atoms with Crippen molar-refractivity contribution in [2.75, 3.05) is 12.4 Å². The van der Waals surface area contributed by atoms with E-state index in [0.717, 1.165) is 5.33 Å². The van der Waals surface area contributed by atoms with Gasteiger partial charge in [0.05, 0.1) is 17.6 Å². The van der Waals surface area contributed by atoms with Crippen LogP contribution < -0.4 is 4.74 Å². The second-order valence-electron chi connectivity index (χ2n) is 3.15. The Morgan fingerprint density at radius 3 is 2.88 bits per heavy atom. The summed E-state index contributed by atoms with van der Waals surface area (Å²) in [5.41, 5.74) is 0.903. The van der Waals surface area contributed by atoms with E-state index in [9.17, 15) is 10.1 Å². The van der Waals surface area contributed by atoms with Gasteiger partial charge in [0.1, 0.15) is 0 Å². The molecule has 0 aliphatic heterocycles. The molecule has 0 saturated heterocycles. The minimum Gasteiger partial charge on any atom is -0.476 e. The summed E-state index contributed by atoms with van der Waals surface area (Å²) in [6.45, 7) is 1.64. The van der Waals surface area contributed by atoms with Gasteiger partial charge in [0.25, 0.3) is 5.88 Å². The maximum atomic E-state index is 10.9. The molecule has 17 heavy (non-hydrogen) atoms. The largest absolute Gasteiger partial charge is 0.476 e. The van der Waals surface area contributed by atoms with Crippen molar-refractivity contribution in [3.63, 3.8) is 0 Å². The van der Waals surface area contributed by atoms with Crippen LogP contribution in [0.3, 0.4) is 0 Å². The van der Waals surface area contributed by atoms with E-state index < -0.39 is 4.92 Å². The van der Waals surface area contributed by atoms with E-state index in [1.54, 1.807) is 6.92 Å². The summed E-state index contributed by atoms with van der Waals surface area (Å²) < 4.78 is 4.86. The molecule has 0 bridgehead atoms. The Labute approximate surface area is 107 Å². The number of hydrogen-bond donors (Lipinski definition) is 0. The van der Waals surface area contributed by atoms with Crippen molar-refractivity contribution in [2.24, 2.45) is 0 Å². The van der Waals surface area contributed by atoms with Gasteiger partial charge in [-0.25, -0.2) is 4.98 Å². The lowest BCUT2D eigenvalue weighted by Crippen LogP contribution is -2.00. The molecule has 0 N–H and O–H groups in total. The highest BCUT2D eigenvalue weighted by atomic mass is 79.9. The molecule has 0 saturated carbocycles. The Bertz CT molecular complexity index is 491. The first-order chi connectivity index (χ1) is 8.11. The Morgan fingerprint density at radius 2 is 2.35 bits per heavy atom. The number of alkyl halides is 1. The minimum atomic E-state index is -0.503. The van der Waals surface area contributed by atoms with Gasteiger partial charge in [0.2, 0.25) is 0 Å². The average molecular weight is 299 g/mol. The molecular weight excluding hydrogens is 288 g/mol. The quantitative estimate of drug-likeness (QED) is 0.372. The zero-order valence-electron chi connectivity index (χ0n) is 9.49. The molecule has 0 unspecified atom stereocenters. The van der Waals surface area contributed by atoms with Crippen LogP contribution in [0.1, 0.15) is 17.5 Å². The maximum Gasteiger partial charge on any atom is 0.335 e. The number of halogens is 1. The molecule has 6 heteroatoms. The molecule has 5 nitrogen and oxygen atoms in total. The molecule has 1 aromatic rings. The van der Waals surface area contributed by atoms with E-state index in [4.69, 9.17) is 4.74 Å². The van der Waals surface area contributed by atoms with Crippen molar-refractivity contribution in [1.82, 2.24) is 4.98 Å². The number of pyridine rings is 1. The van der Waals surface area contributed by atoms with Crippen LogP contribution in [0.2, 0.25) is 0 Å². The summed E-state index contributed by atoms with van der Waals surface area (Å²) in [6, 6.07) is 0. The smallest absolute Gasteiger partial charge is 0.335 e. The highest BCUT2D eigenvalue weighted by Crippen LogP contribution is 2.29. The molecule has 0 aliphatic carbocycles. The van der Waals surface area contributed by atoms with Crippen LogP contribution in [0.25, 0.3) is 0 Å². The fourth-order valence-electron chi connectivity index (χ4n) is 1.26. The third kappa shape index (κ3) is 3.17. The molecule has 0 aromatic carbocycles. The van der Waals surface area contributed by atoms with Gasteiger partial charge in [0, 0.05) is 23.5 Å². The topological polar surface area (TPSA) is 65.3 Å². The van der Waals surface area contributed by atoms with E-state index in [1.165, 1.54) is 13.3 Å². The van der Waals surface area contributed by atoms with Gasteiger partial charge in [-0.05, 0) is 6.92 Å². The van der Waals surface area contributed by atoms with Crippen molar-refractivity contribution < 1.29 is 9.66 Å². The van der Waals surface area contributed by atoms with Crippen LogP contribution in [0.5, 0.6) is 5.88 Å². The van der Waals surface area contributed by atoms with Crippen molar-refractivity contribution in [1.29, 1.82) is 0 Å². The highest BCUT2D eigenvalue weighted by Gasteiger charge is 2.21. The Balaban J connectivity index is 3.25. The van der Waals surface area contributed by atoms with Gasteiger partial charge in [-0.1, -0.05) is 27.8 Å². The van der Waals surface area contributed by atoms with E-state index in [-0.39, 0.29) is 11.6 Å². The van der Waals surface area contributed by atoms with Crippen molar-refractivity contribution in [2.45, 2.75) is 13.3 Å². The fourth-order valence-corrected chi connectivity index (χ4v) is 1.46. The number of hydrogen-bond acceptors (Lipinski definition) is 4. The first-order valence-electron chi connectivity index (χ1n) is 4.84. The average Bonchev–Trinajstić information content (AvgIpc) is 2.30. The molecule has 0 spiro atoms. The monoisotopic (exact) mass is 298 g/mol. The lowest BCUT2D eigenvalue weighted by Gasteiger charge is -2.04. The molecule has 1 rings (SSSR count). The number of aromatic nitrogens is 1. The zero-order chi connectivity index (χ0) is 12.8. The predicted octanol–water partition coefficient (Wildman–Crippen LogP) is 2.44. The zero-order valence-corrected chi connectivity index (χ0v) is 11.1. The maximum absolute atomic E-state index is 10.9. The third-order valence-corrected chi connectivity index (χ3v) is 2.49. The van der Waals surface area contributed by atoms with E-state index in [1.807, 2.05) is 0 Å². The summed E-state index contributed by atoms with van der Waals surface area (Å²) in [5, 5.41) is 11.7. The number of rotatable bonds is 3. The van der Waals surface area contributed by atoms with Gasteiger partial charge in [0.15, 0.2) is 0 Å². The summed E-state index contributed by atoms with van der Waals surface area (Å²) in [4.78, 5) is 14.3. The highest BCUT2D eigenvalue weighted by molar-refractivity contribution is 9.09. The van der Waals surface area contributed by atoms with Gasteiger partial charge < -0.3 is 4.74 Å². The first-order valence-corrected chi connectivity index (χ1v) is 5.96. The van der Waals surface area contributed by atoms with Crippen LogP contribution in [-0.4, -0.2) is 22.3 Å². The van der Waals surface area contributed by atoms with E-state index in [0.29, 0.717) is 17.5 Å². The second-order valence-corrected chi connectivity index (χ2v) is 3.95. The molecule has 0 amide bonds. The second kappa shape index (κ2) is 6.21. The number of ether oxygens (including phenoxy) is 1. The van der Waals surface area contributed by atoms with Crippen LogP contribution >= 0.6 is 15.9 Å². The summed E-state index contributed by atoms with van der Waals surface area (Å²) >= 11 is 3.26. The SMILES string of the molecule is COc1ncc(C#CCCBr)c(C)c1[N+](=O)[O-]. The van der Waals surface area contributed by atoms with Crippen LogP contribution in [0.15, 0.2) is 6.20 Å². The normalized spacial score (nSPS) is 9.35. The molecule has 1 aromatic heterocycles. The number of nitro groups is 1. The van der Waals surface area contributed by atoms with Gasteiger partial charge in [-0.15, -0.1) is 0 Å². The molecule has 0 fully saturated rings. The van der Waals surface area contributed by atoms with Crippen molar-refractivity contribution in [3.8, 4) is 17.7 Å². The first kappa shape index (κ1) is 13.5. The summed E-state index contributed by atoms with van der Waals surface area (Å²) in [5.74, 6) is 5.77. The van der Waals surface area contributed by atoms with Gasteiger partial charge in [-0.3, -0.25) is 10.1 Å². The van der Waals surface area contributed by atoms with E-state index in [2.05, 4.69) is 32.8 Å². The van der Waals surface area contributed by atoms with Crippen LogP contribution in [0, 0.1) is 28.9 Å². The molecule has 1 heterocycles. The molecular formula is C11H11BrN2O3. The molecule has 0 aliphatic rings. The van der Waals surface area contributed by atoms with Crippen LogP contribution in [-0.2, 0) is 0 Å². The Hall–Kier alpha value is -1.61. The molecule has 0 radical (unpaired) electrons. The van der Waals surface area contributed by atoms with Crippen LogP contribution in [0.4, 0.5) is 5.69 Å². The predicted molar refractivity (Wildman–Crippen MR) is 67.5 cm³/mol. The molecule has 90 valence electrons. The summed E-state index contributed by atoms with van der Waals surface area (Å²) in [7, 11) is 1.35. The Morgan fingerprint density at radius 1 is 1.65 bits per heavy atom. The minimum absolute atomic E-state index is 0.0125.